The minimum absolute atomic E-state index is 0.107. The summed E-state index contributed by atoms with van der Waals surface area (Å²) < 4.78 is 18.3. The Morgan fingerprint density at radius 2 is 2.07 bits per heavy atom. The summed E-state index contributed by atoms with van der Waals surface area (Å²) in [5, 5.41) is 8.97. The lowest BCUT2D eigenvalue weighted by Gasteiger charge is -2.27. The Balaban J connectivity index is 2.21. The fraction of sp³-hybridized carbons (Fsp3) is 0.417. The second-order valence-corrected chi connectivity index (χ2v) is 3.72. The molecule has 0 aliphatic carbocycles. The van der Waals surface area contributed by atoms with Gasteiger partial charge in [0.15, 0.2) is 0 Å². The van der Waals surface area contributed by atoms with Crippen molar-refractivity contribution in [2.75, 3.05) is 6.61 Å². The summed E-state index contributed by atoms with van der Waals surface area (Å²) in [6, 6.07) is 8.44. The summed E-state index contributed by atoms with van der Waals surface area (Å²) >= 11 is 0. The Hall–Kier alpha value is -1.40. The lowest BCUT2D eigenvalue weighted by molar-refractivity contribution is -0.0102. The molecule has 2 rings (SSSR count). The molecule has 78 valence electrons. The molecule has 15 heavy (non-hydrogen) atoms. The maximum Gasteiger partial charge on any atom is 0.123 e. The van der Waals surface area contributed by atoms with Crippen molar-refractivity contribution in [3.8, 4) is 6.07 Å². The van der Waals surface area contributed by atoms with E-state index in [1.165, 1.54) is 12.1 Å². The monoisotopic (exact) mass is 205 g/mol. The highest BCUT2D eigenvalue weighted by atomic mass is 19.1. The van der Waals surface area contributed by atoms with Crippen LogP contribution in [0.15, 0.2) is 24.3 Å². The first-order valence-electron chi connectivity index (χ1n) is 5.08. The van der Waals surface area contributed by atoms with E-state index in [1.807, 2.05) is 0 Å². The Bertz CT molecular complexity index is 368. The molecule has 3 heteroatoms. The molecule has 1 heterocycles. The maximum atomic E-state index is 12.7. The summed E-state index contributed by atoms with van der Waals surface area (Å²) in [6.07, 6.45) is 1.60. The number of nitriles is 1. The van der Waals surface area contributed by atoms with Crippen LogP contribution < -0.4 is 0 Å². The number of halogens is 1. The molecule has 0 amide bonds. The summed E-state index contributed by atoms with van der Waals surface area (Å²) in [7, 11) is 0. The van der Waals surface area contributed by atoms with Gasteiger partial charge in [0, 0.05) is 6.61 Å². The Labute approximate surface area is 88.3 Å². The van der Waals surface area contributed by atoms with Gasteiger partial charge in [0.1, 0.15) is 5.82 Å². The van der Waals surface area contributed by atoms with Crippen LogP contribution in [-0.2, 0) is 4.74 Å². The second kappa shape index (κ2) is 4.41. The zero-order valence-corrected chi connectivity index (χ0v) is 8.32. The number of benzene rings is 1. The van der Waals surface area contributed by atoms with Crippen LogP contribution in [0.25, 0.3) is 0 Å². The zero-order valence-electron chi connectivity index (χ0n) is 8.32. The summed E-state index contributed by atoms with van der Waals surface area (Å²) in [5.41, 5.74) is 0.891. The number of hydrogen-bond acceptors (Lipinski definition) is 2. The van der Waals surface area contributed by atoms with Crippen molar-refractivity contribution in [3.63, 3.8) is 0 Å². The van der Waals surface area contributed by atoms with Crippen molar-refractivity contribution in [2.24, 2.45) is 5.92 Å². The second-order valence-electron chi connectivity index (χ2n) is 3.72. The highest BCUT2D eigenvalue weighted by Gasteiger charge is 2.27. The maximum absolute atomic E-state index is 12.7. The molecule has 1 aromatic carbocycles. The predicted octanol–water partition coefficient (Wildman–Crippen LogP) is 2.82. The molecule has 1 aromatic rings. The van der Waals surface area contributed by atoms with Crippen molar-refractivity contribution in [1.82, 2.24) is 0 Å². The van der Waals surface area contributed by atoms with Crippen molar-refractivity contribution >= 4 is 0 Å². The minimum Gasteiger partial charge on any atom is -0.372 e. The fourth-order valence-electron chi connectivity index (χ4n) is 1.89. The standard InChI is InChI=1S/C12H12FNO/c13-11-5-3-9(4-6-11)12-10(8-14)2-1-7-15-12/h3-6,10,12H,1-2,7H2. The van der Waals surface area contributed by atoms with E-state index in [2.05, 4.69) is 6.07 Å². The van der Waals surface area contributed by atoms with E-state index in [9.17, 15) is 4.39 Å². The van der Waals surface area contributed by atoms with Crippen LogP contribution >= 0.6 is 0 Å². The molecule has 2 nitrogen and oxygen atoms in total. The lowest BCUT2D eigenvalue weighted by atomic mass is 9.91. The van der Waals surface area contributed by atoms with Crippen LogP contribution in [0, 0.1) is 23.1 Å². The third-order valence-electron chi connectivity index (χ3n) is 2.69. The first-order valence-corrected chi connectivity index (χ1v) is 5.08. The molecule has 0 N–H and O–H groups in total. The smallest absolute Gasteiger partial charge is 0.123 e. The molecule has 2 atom stereocenters. The van der Waals surface area contributed by atoms with Crippen LogP contribution in [0.5, 0.6) is 0 Å². The molecule has 1 aliphatic rings. The van der Waals surface area contributed by atoms with Gasteiger partial charge >= 0.3 is 0 Å². The van der Waals surface area contributed by atoms with Gasteiger partial charge in [-0.2, -0.15) is 5.26 Å². The molecule has 0 aromatic heterocycles. The molecule has 1 fully saturated rings. The van der Waals surface area contributed by atoms with Crippen molar-refractivity contribution in [2.45, 2.75) is 18.9 Å². The van der Waals surface area contributed by atoms with E-state index in [0.29, 0.717) is 6.61 Å². The van der Waals surface area contributed by atoms with Gasteiger partial charge in [-0.15, -0.1) is 0 Å². The molecular weight excluding hydrogens is 193 g/mol. The minimum atomic E-state index is -0.261. The van der Waals surface area contributed by atoms with Gasteiger partial charge in [0.05, 0.1) is 18.1 Å². The summed E-state index contributed by atoms with van der Waals surface area (Å²) in [4.78, 5) is 0. The fourth-order valence-corrected chi connectivity index (χ4v) is 1.89. The van der Waals surface area contributed by atoms with Gasteiger partial charge in [-0.3, -0.25) is 0 Å². The van der Waals surface area contributed by atoms with E-state index in [1.54, 1.807) is 12.1 Å². The molecule has 1 aliphatic heterocycles. The van der Waals surface area contributed by atoms with Crippen LogP contribution in [0.4, 0.5) is 4.39 Å². The first kappa shape index (κ1) is 10.1. The average molecular weight is 205 g/mol. The SMILES string of the molecule is N#CC1CCCOC1c1ccc(F)cc1. The Morgan fingerprint density at radius 3 is 2.73 bits per heavy atom. The first-order chi connectivity index (χ1) is 7.31. The Morgan fingerprint density at radius 1 is 1.33 bits per heavy atom. The molecule has 0 bridgehead atoms. The van der Waals surface area contributed by atoms with Gasteiger partial charge in [-0.05, 0) is 30.5 Å². The van der Waals surface area contributed by atoms with Crippen LogP contribution in [-0.4, -0.2) is 6.61 Å². The number of nitrogens with zero attached hydrogens (tertiary/aromatic N) is 1. The van der Waals surface area contributed by atoms with Crippen molar-refractivity contribution in [1.29, 1.82) is 5.26 Å². The van der Waals surface area contributed by atoms with Gasteiger partial charge in [0.2, 0.25) is 0 Å². The quantitative estimate of drug-likeness (QED) is 0.706. The largest absolute Gasteiger partial charge is 0.372 e. The number of ether oxygens (including phenoxy) is 1. The van der Waals surface area contributed by atoms with Gasteiger partial charge < -0.3 is 4.74 Å². The zero-order chi connectivity index (χ0) is 10.7. The lowest BCUT2D eigenvalue weighted by Crippen LogP contribution is -2.21. The normalized spacial score (nSPS) is 25.9. The third kappa shape index (κ3) is 2.16. The van der Waals surface area contributed by atoms with Crippen molar-refractivity contribution in [3.05, 3.63) is 35.6 Å². The Kier molecular flexibility index (Phi) is 2.98. The van der Waals surface area contributed by atoms with Crippen LogP contribution in [0.2, 0.25) is 0 Å². The van der Waals surface area contributed by atoms with Gasteiger partial charge in [-0.25, -0.2) is 4.39 Å². The molecule has 1 saturated heterocycles. The third-order valence-corrected chi connectivity index (χ3v) is 2.69. The van der Waals surface area contributed by atoms with Crippen LogP contribution in [0.1, 0.15) is 24.5 Å². The average Bonchev–Trinajstić information content (AvgIpc) is 2.30. The van der Waals surface area contributed by atoms with Crippen molar-refractivity contribution < 1.29 is 9.13 Å². The van der Waals surface area contributed by atoms with Crippen LogP contribution in [0.3, 0.4) is 0 Å². The molecule has 0 spiro atoms. The number of hydrogen-bond donors (Lipinski definition) is 0. The number of rotatable bonds is 1. The topological polar surface area (TPSA) is 33.0 Å². The van der Waals surface area contributed by atoms with E-state index in [-0.39, 0.29) is 17.8 Å². The molecule has 2 unspecified atom stereocenters. The molecule has 0 radical (unpaired) electrons. The van der Waals surface area contributed by atoms with E-state index in [4.69, 9.17) is 10.00 Å². The summed E-state index contributed by atoms with van der Waals surface area (Å²) in [6.45, 7) is 0.681. The van der Waals surface area contributed by atoms with E-state index >= 15 is 0 Å². The molecular formula is C12H12FNO. The summed E-state index contributed by atoms with van der Waals surface area (Å²) in [5.74, 6) is -0.368. The van der Waals surface area contributed by atoms with Gasteiger partial charge in [0.25, 0.3) is 0 Å². The highest BCUT2D eigenvalue weighted by Crippen LogP contribution is 2.32. The highest BCUT2D eigenvalue weighted by molar-refractivity contribution is 5.21. The predicted molar refractivity (Wildman–Crippen MR) is 53.4 cm³/mol. The van der Waals surface area contributed by atoms with Gasteiger partial charge in [-0.1, -0.05) is 12.1 Å². The molecule has 0 saturated carbocycles. The van der Waals surface area contributed by atoms with E-state index in [0.717, 1.165) is 18.4 Å². The van der Waals surface area contributed by atoms with E-state index < -0.39 is 0 Å².